The molecule has 9 heteroatoms. The molecule has 3 aromatic rings. The Morgan fingerprint density at radius 2 is 1.92 bits per heavy atom. The van der Waals surface area contributed by atoms with Crippen LogP contribution in [0.25, 0.3) is 5.69 Å². The monoisotopic (exact) mass is 415 g/mol. The van der Waals surface area contributed by atoms with Gasteiger partial charge >= 0.3 is 0 Å². The Morgan fingerprint density at radius 1 is 1.15 bits per heavy atom. The fraction of sp³-hybridized carbons (Fsp3) is 0.353. The van der Waals surface area contributed by atoms with Crippen LogP contribution in [0.2, 0.25) is 0 Å². The number of aromatic nitrogens is 6. The molecule has 1 aliphatic rings. The van der Waals surface area contributed by atoms with E-state index in [4.69, 9.17) is 0 Å². The van der Waals surface area contributed by atoms with E-state index in [1.165, 1.54) is 4.80 Å². The normalized spacial score (nSPS) is 20.3. The Labute approximate surface area is 158 Å². The third-order valence-corrected chi connectivity index (χ3v) is 5.06. The first-order valence-electron chi connectivity index (χ1n) is 8.47. The fourth-order valence-corrected chi connectivity index (χ4v) is 3.57. The lowest BCUT2D eigenvalue weighted by atomic mass is 9.98. The third-order valence-electron chi connectivity index (χ3n) is 4.69. The van der Waals surface area contributed by atoms with Gasteiger partial charge in [-0.25, -0.2) is 0 Å². The molecule has 1 aromatic carbocycles. The first-order chi connectivity index (χ1) is 12.6. The van der Waals surface area contributed by atoms with Crippen LogP contribution in [0.4, 0.5) is 0 Å². The summed E-state index contributed by atoms with van der Waals surface area (Å²) in [6, 6.07) is 7.63. The van der Waals surface area contributed by atoms with Crippen molar-refractivity contribution >= 4 is 21.8 Å². The molecule has 0 aliphatic carbocycles. The van der Waals surface area contributed by atoms with E-state index in [-0.39, 0.29) is 18.0 Å². The number of piperidine rings is 1. The highest BCUT2D eigenvalue weighted by atomic mass is 79.9. The van der Waals surface area contributed by atoms with Gasteiger partial charge in [0.1, 0.15) is 4.60 Å². The lowest BCUT2D eigenvalue weighted by Crippen LogP contribution is -2.46. The lowest BCUT2D eigenvalue weighted by molar-refractivity contribution is 0.0547. The minimum absolute atomic E-state index is 0.0266. The van der Waals surface area contributed by atoms with Crippen LogP contribution >= 0.6 is 15.9 Å². The van der Waals surface area contributed by atoms with Gasteiger partial charge in [-0.05, 0) is 47.8 Å². The summed E-state index contributed by atoms with van der Waals surface area (Å²) in [5, 5.41) is 17.0. The Balaban J connectivity index is 1.63. The van der Waals surface area contributed by atoms with E-state index in [0.29, 0.717) is 22.4 Å². The van der Waals surface area contributed by atoms with Crippen molar-refractivity contribution in [3.63, 3.8) is 0 Å². The van der Waals surface area contributed by atoms with Gasteiger partial charge in [0, 0.05) is 12.6 Å². The molecule has 2 aromatic heterocycles. The second kappa shape index (κ2) is 6.99. The zero-order valence-electron chi connectivity index (χ0n) is 14.2. The van der Waals surface area contributed by atoms with Gasteiger partial charge in [-0.3, -0.25) is 4.79 Å². The van der Waals surface area contributed by atoms with Crippen LogP contribution in [-0.4, -0.2) is 53.4 Å². The predicted octanol–water partition coefficient (Wildman–Crippen LogP) is 2.49. The molecular formula is C17H18BrN7O. The standard InChI is InChI=1S/C17H18BrN7O/c1-12-6-7-13(24-21-10-16(18)22-24)11-23(12)17(26)14-4-2-3-5-15(14)25-19-8-9-20-25/h2-5,8-10,12-13H,6-7,11H2,1H3/t12-,13-/m1/s1. The van der Waals surface area contributed by atoms with Crippen molar-refractivity contribution in [1.82, 2.24) is 34.9 Å². The Bertz CT molecular complexity index is 907. The van der Waals surface area contributed by atoms with Crippen molar-refractivity contribution in [3.05, 3.63) is 53.0 Å². The van der Waals surface area contributed by atoms with E-state index >= 15 is 0 Å². The van der Waals surface area contributed by atoms with Gasteiger partial charge in [-0.2, -0.15) is 24.9 Å². The zero-order chi connectivity index (χ0) is 18.1. The van der Waals surface area contributed by atoms with Crippen LogP contribution in [0, 0.1) is 0 Å². The highest BCUT2D eigenvalue weighted by molar-refractivity contribution is 9.10. The molecular weight excluding hydrogens is 398 g/mol. The zero-order valence-corrected chi connectivity index (χ0v) is 15.8. The van der Waals surface area contributed by atoms with Crippen molar-refractivity contribution in [1.29, 1.82) is 0 Å². The van der Waals surface area contributed by atoms with Crippen LogP contribution in [0.15, 0.2) is 47.5 Å². The summed E-state index contributed by atoms with van der Waals surface area (Å²) in [5.41, 5.74) is 1.27. The van der Waals surface area contributed by atoms with Gasteiger partial charge in [0.15, 0.2) is 0 Å². The maximum Gasteiger partial charge on any atom is 0.256 e. The summed E-state index contributed by atoms with van der Waals surface area (Å²) in [4.78, 5) is 18.4. The van der Waals surface area contributed by atoms with Crippen molar-refractivity contribution in [2.75, 3.05) is 6.54 Å². The molecule has 26 heavy (non-hydrogen) atoms. The Hall–Kier alpha value is -2.55. The van der Waals surface area contributed by atoms with Crippen molar-refractivity contribution < 1.29 is 4.79 Å². The molecule has 4 rings (SSSR count). The molecule has 1 fully saturated rings. The summed E-state index contributed by atoms with van der Waals surface area (Å²) in [5.74, 6) is -0.0266. The molecule has 0 unspecified atom stereocenters. The van der Waals surface area contributed by atoms with Gasteiger partial charge in [0.05, 0.1) is 35.9 Å². The maximum atomic E-state index is 13.3. The van der Waals surface area contributed by atoms with E-state index in [1.54, 1.807) is 23.4 Å². The number of para-hydroxylation sites is 1. The van der Waals surface area contributed by atoms with Gasteiger partial charge in [-0.15, -0.1) is 5.10 Å². The smallest absolute Gasteiger partial charge is 0.256 e. The average molecular weight is 416 g/mol. The molecule has 3 heterocycles. The van der Waals surface area contributed by atoms with E-state index in [9.17, 15) is 4.79 Å². The number of benzene rings is 1. The van der Waals surface area contributed by atoms with Crippen molar-refractivity contribution in [3.8, 4) is 5.69 Å². The second-order valence-electron chi connectivity index (χ2n) is 6.36. The Kier molecular flexibility index (Phi) is 4.54. The van der Waals surface area contributed by atoms with E-state index in [1.807, 2.05) is 29.2 Å². The molecule has 8 nitrogen and oxygen atoms in total. The molecule has 1 amide bonds. The fourth-order valence-electron chi connectivity index (χ4n) is 3.32. The number of hydrogen-bond acceptors (Lipinski definition) is 5. The number of nitrogens with zero attached hydrogens (tertiary/aromatic N) is 7. The lowest BCUT2D eigenvalue weighted by Gasteiger charge is -2.37. The summed E-state index contributed by atoms with van der Waals surface area (Å²) in [6.07, 6.45) is 6.71. The summed E-state index contributed by atoms with van der Waals surface area (Å²) in [7, 11) is 0. The number of carbonyl (C=O) groups excluding carboxylic acids is 1. The largest absolute Gasteiger partial charge is 0.334 e. The molecule has 134 valence electrons. The maximum absolute atomic E-state index is 13.3. The first kappa shape index (κ1) is 16.9. The van der Waals surface area contributed by atoms with Crippen LogP contribution in [-0.2, 0) is 0 Å². The van der Waals surface area contributed by atoms with Crippen LogP contribution in [0.3, 0.4) is 0 Å². The van der Waals surface area contributed by atoms with Crippen LogP contribution in [0.1, 0.15) is 36.2 Å². The Morgan fingerprint density at radius 3 is 2.65 bits per heavy atom. The van der Waals surface area contributed by atoms with Gasteiger partial charge in [0.2, 0.25) is 0 Å². The SMILES string of the molecule is C[C@@H]1CC[C@@H](n2ncc(Br)n2)CN1C(=O)c1ccccc1-n1nccn1. The van der Waals surface area contributed by atoms with Crippen molar-refractivity contribution in [2.45, 2.75) is 31.8 Å². The molecule has 1 aliphatic heterocycles. The predicted molar refractivity (Wildman–Crippen MR) is 97.9 cm³/mol. The van der Waals surface area contributed by atoms with Crippen LogP contribution in [0.5, 0.6) is 0 Å². The summed E-state index contributed by atoms with van der Waals surface area (Å²) < 4.78 is 0.698. The van der Waals surface area contributed by atoms with E-state index in [0.717, 1.165) is 12.8 Å². The number of halogens is 1. The average Bonchev–Trinajstić information content (AvgIpc) is 3.33. The van der Waals surface area contributed by atoms with E-state index in [2.05, 4.69) is 43.2 Å². The number of rotatable bonds is 3. The molecule has 0 N–H and O–H groups in total. The van der Waals surface area contributed by atoms with Crippen LogP contribution < -0.4 is 0 Å². The topological polar surface area (TPSA) is 81.7 Å². The molecule has 1 saturated heterocycles. The molecule has 0 saturated carbocycles. The van der Waals surface area contributed by atoms with Gasteiger partial charge < -0.3 is 4.90 Å². The minimum atomic E-state index is -0.0266. The number of likely N-dealkylation sites (tertiary alicyclic amines) is 1. The molecule has 0 bridgehead atoms. The number of amides is 1. The second-order valence-corrected chi connectivity index (χ2v) is 7.17. The summed E-state index contributed by atoms with van der Waals surface area (Å²) >= 11 is 3.33. The molecule has 2 atom stereocenters. The molecule has 0 radical (unpaired) electrons. The minimum Gasteiger partial charge on any atom is -0.334 e. The number of carbonyl (C=O) groups is 1. The molecule has 0 spiro atoms. The van der Waals surface area contributed by atoms with Crippen molar-refractivity contribution in [2.24, 2.45) is 0 Å². The highest BCUT2D eigenvalue weighted by Crippen LogP contribution is 2.27. The third kappa shape index (κ3) is 3.14. The van der Waals surface area contributed by atoms with E-state index < -0.39 is 0 Å². The quantitative estimate of drug-likeness (QED) is 0.656. The van der Waals surface area contributed by atoms with Gasteiger partial charge in [-0.1, -0.05) is 12.1 Å². The van der Waals surface area contributed by atoms with Gasteiger partial charge in [0.25, 0.3) is 5.91 Å². The number of hydrogen-bond donors (Lipinski definition) is 0. The first-order valence-corrected chi connectivity index (χ1v) is 9.27. The summed E-state index contributed by atoms with van der Waals surface area (Å²) in [6.45, 7) is 2.65. The highest BCUT2D eigenvalue weighted by Gasteiger charge is 2.32.